The molecule has 0 bridgehead atoms. The molecule has 1 aliphatic carbocycles. The number of nitrogens with zero attached hydrogens (tertiary/aromatic N) is 4. The summed E-state index contributed by atoms with van der Waals surface area (Å²) in [7, 11) is 0. The molecule has 0 aromatic carbocycles. The van der Waals surface area contributed by atoms with Crippen LogP contribution in [-0.2, 0) is 29.1 Å². The summed E-state index contributed by atoms with van der Waals surface area (Å²) in [5.41, 5.74) is -0.239. The van der Waals surface area contributed by atoms with E-state index in [9.17, 15) is 4.79 Å². The fourth-order valence-electron chi connectivity index (χ4n) is 4.80. The van der Waals surface area contributed by atoms with Crippen LogP contribution in [0.25, 0.3) is 0 Å². The van der Waals surface area contributed by atoms with Crippen molar-refractivity contribution in [3.8, 4) is 0 Å². The summed E-state index contributed by atoms with van der Waals surface area (Å²) in [5, 5.41) is 8.69. The molecule has 6 heteroatoms. The van der Waals surface area contributed by atoms with Gasteiger partial charge in [-0.15, -0.1) is 10.2 Å². The van der Waals surface area contributed by atoms with Crippen molar-refractivity contribution >= 4 is 5.91 Å². The van der Waals surface area contributed by atoms with E-state index >= 15 is 0 Å². The van der Waals surface area contributed by atoms with E-state index in [2.05, 4.69) is 26.6 Å². The smallest absolute Gasteiger partial charge is 0.225 e. The molecule has 1 saturated carbocycles. The van der Waals surface area contributed by atoms with Crippen LogP contribution >= 0.6 is 0 Å². The van der Waals surface area contributed by atoms with E-state index < -0.39 is 0 Å². The number of amides is 1. The van der Waals surface area contributed by atoms with Gasteiger partial charge in [-0.05, 0) is 25.7 Å². The number of rotatable bonds is 4. The van der Waals surface area contributed by atoms with Crippen LogP contribution in [0.5, 0.6) is 0 Å². The molecule has 6 nitrogen and oxygen atoms in total. The molecular weight excluding hydrogens is 328 g/mol. The van der Waals surface area contributed by atoms with Gasteiger partial charge in [0.25, 0.3) is 0 Å². The van der Waals surface area contributed by atoms with Gasteiger partial charge < -0.3 is 14.2 Å². The highest BCUT2D eigenvalue weighted by Crippen LogP contribution is 2.34. The third kappa shape index (κ3) is 3.53. The maximum absolute atomic E-state index is 13.0. The molecular formula is C20H32N4O2. The summed E-state index contributed by atoms with van der Waals surface area (Å²) in [6.07, 6.45) is 11.3. The fraction of sp³-hybridized carbons (Fsp3) is 0.850. The van der Waals surface area contributed by atoms with Crippen LogP contribution in [0.4, 0.5) is 0 Å². The van der Waals surface area contributed by atoms with Crippen LogP contribution in [0, 0.1) is 5.92 Å². The molecule has 3 heterocycles. The van der Waals surface area contributed by atoms with E-state index in [0.717, 1.165) is 69.8 Å². The van der Waals surface area contributed by atoms with Gasteiger partial charge in [0.15, 0.2) is 5.82 Å². The normalized spacial score (nSPS) is 26.9. The van der Waals surface area contributed by atoms with Crippen molar-refractivity contribution in [3.63, 3.8) is 0 Å². The Labute approximate surface area is 156 Å². The van der Waals surface area contributed by atoms with Crippen molar-refractivity contribution in [1.82, 2.24) is 19.7 Å². The molecule has 26 heavy (non-hydrogen) atoms. The van der Waals surface area contributed by atoms with Gasteiger partial charge in [-0.1, -0.05) is 39.0 Å². The van der Waals surface area contributed by atoms with Gasteiger partial charge in [-0.3, -0.25) is 4.79 Å². The largest absolute Gasteiger partial charge is 0.363 e. The second kappa shape index (κ2) is 7.67. The molecule has 1 aromatic rings. The lowest BCUT2D eigenvalue weighted by atomic mass is 9.98. The Morgan fingerprint density at radius 1 is 1.19 bits per heavy atom. The Morgan fingerprint density at radius 2 is 2.00 bits per heavy atom. The van der Waals surface area contributed by atoms with Gasteiger partial charge in [0.1, 0.15) is 18.0 Å². The van der Waals surface area contributed by atoms with Gasteiger partial charge >= 0.3 is 0 Å². The summed E-state index contributed by atoms with van der Waals surface area (Å²) in [5.74, 6) is 2.63. The Bertz CT molecular complexity index is 636. The number of hydrogen-bond acceptors (Lipinski definition) is 4. The summed E-state index contributed by atoms with van der Waals surface area (Å²) in [4.78, 5) is 15.1. The first-order chi connectivity index (χ1) is 12.7. The zero-order chi connectivity index (χ0) is 18.0. The Kier molecular flexibility index (Phi) is 5.30. The molecule has 0 N–H and O–H groups in total. The maximum atomic E-state index is 13.0. The standard InChI is InChI=1S/C20H32N4O2/c1-2-3-10-17-21-22-18-13-26-20(15-24(17)18)11-12-23(14-20)19(25)16-8-6-4-5-7-9-16/h16H,2-15H2,1H3. The van der Waals surface area contributed by atoms with Gasteiger partial charge in [-0.2, -0.15) is 0 Å². The summed E-state index contributed by atoms with van der Waals surface area (Å²) in [6, 6.07) is 0. The zero-order valence-corrected chi connectivity index (χ0v) is 16.1. The van der Waals surface area contributed by atoms with E-state index in [4.69, 9.17) is 4.74 Å². The highest BCUT2D eigenvalue weighted by Gasteiger charge is 2.45. The first kappa shape index (κ1) is 18.0. The number of aryl methyl sites for hydroxylation is 1. The third-order valence-electron chi connectivity index (χ3n) is 6.44. The van der Waals surface area contributed by atoms with E-state index in [0.29, 0.717) is 12.5 Å². The van der Waals surface area contributed by atoms with E-state index in [1.807, 2.05) is 0 Å². The van der Waals surface area contributed by atoms with Gasteiger partial charge in [0.05, 0.1) is 13.1 Å². The maximum Gasteiger partial charge on any atom is 0.225 e. The Balaban J connectivity index is 1.43. The Morgan fingerprint density at radius 3 is 2.77 bits per heavy atom. The first-order valence-electron chi connectivity index (χ1n) is 10.5. The van der Waals surface area contributed by atoms with Crippen molar-refractivity contribution in [1.29, 1.82) is 0 Å². The van der Waals surface area contributed by atoms with Crippen molar-refractivity contribution in [3.05, 3.63) is 11.6 Å². The monoisotopic (exact) mass is 360 g/mol. The molecule has 1 spiro atoms. The number of likely N-dealkylation sites (tertiary alicyclic amines) is 1. The Hall–Kier alpha value is -1.43. The van der Waals surface area contributed by atoms with Crippen molar-refractivity contribution < 1.29 is 9.53 Å². The van der Waals surface area contributed by atoms with Crippen molar-refractivity contribution in [2.75, 3.05) is 13.1 Å². The summed E-state index contributed by atoms with van der Waals surface area (Å²) < 4.78 is 8.51. The molecule has 2 fully saturated rings. The van der Waals surface area contributed by atoms with Crippen LogP contribution < -0.4 is 0 Å². The number of hydrogen-bond donors (Lipinski definition) is 0. The number of carbonyl (C=O) groups is 1. The molecule has 1 amide bonds. The summed E-state index contributed by atoms with van der Waals surface area (Å²) in [6.45, 7) is 5.07. The molecule has 1 unspecified atom stereocenters. The second-order valence-electron chi connectivity index (χ2n) is 8.39. The molecule has 2 aliphatic heterocycles. The topological polar surface area (TPSA) is 60.2 Å². The minimum absolute atomic E-state index is 0.238. The average molecular weight is 361 g/mol. The molecule has 1 aromatic heterocycles. The van der Waals surface area contributed by atoms with E-state index in [1.54, 1.807) is 0 Å². The average Bonchev–Trinajstić information content (AvgIpc) is 3.13. The van der Waals surface area contributed by atoms with Gasteiger partial charge in [0.2, 0.25) is 5.91 Å². The predicted molar refractivity (Wildman–Crippen MR) is 98.5 cm³/mol. The number of ether oxygens (including phenoxy) is 1. The fourth-order valence-corrected chi connectivity index (χ4v) is 4.80. The van der Waals surface area contributed by atoms with E-state index in [1.165, 1.54) is 25.7 Å². The molecule has 0 radical (unpaired) electrons. The highest BCUT2D eigenvalue weighted by molar-refractivity contribution is 5.79. The van der Waals surface area contributed by atoms with Gasteiger partial charge in [-0.25, -0.2) is 0 Å². The minimum atomic E-state index is -0.239. The zero-order valence-electron chi connectivity index (χ0n) is 16.1. The predicted octanol–water partition coefficient (Wildman–Crippen LogP) is 3.09. The molecule has 1 saturated heterocycles. The molecule has 144 valence electrons. The SMILES string of the molecule is CCCCc1nnc2n1CC1(CCN(C(=O)C3CCCCCC3)C1)OC2. The number of carbonyl (C=O) groups excluding carboxylic acids is 1. The van der Waals surface area contributed by atoms with Crippen LogP contribution in [0.1, 0.15) is 76.4 Å². The molecule has 3 aliphatic rings. The molecule has 4 rings (SSSR count). The van der Waals surface area contributed by atoms with Crippen LogP contribution in [0.2, 0.25) is 0 Å². The number of fused-ring (bicyclic) bond motifs is 1. The number of aromatic nitrogens is 3. The third-order valence-corrected chi connectivity index (χ3v) is 6.44. The van der Waals surface area contributed by atoms with Crippen molar-refractivity contribution in [2.45, 2.75) is 89.9 Å². The molecule has 1 atom stereocenters. The lowest BCUT2D eigenvalue weighted by molar-refractivity contribution is -0.138. The van der Waals surface area contributed by atoms with Crippen LogP contribution in [0.15, 0.2) is 0 Å². The number of unbranched alkanes of at least 4 members (excludes halogenated alkanes) is 1. The lowest BCUT2D eigenvalue weighted by Gasteiger charge is -2.35. The second-order valence-corrected chi connectivity index (χ2v) is 8.39. The van der Waals surface area contributed by atoms with E-state index in [-0.39, 0.29) is 11.5 Å². The minimum Gasteiger partial charge on any atom is -0.363 e. The van der Waals surface area contributed by atoms with Crippen LogP contribution in [0.3, 0.4) is 0 Å². The highest BCUT2D eigenvalue weighted by atomic mass is 16.5. The van der Waals surface area contributed by atoms with Crippen molar-refractivity contribution in [2.24, 2.45) is 5.92 Å². The summed E-state index contributed by atoms with van der Waals surface area (Å²) >= 11 is 0. The van der Waals surface area contributed by atoms with Gasteiger partial charge in [0, 0.05) is 18.9 Å². The quantitative estimate of drug-likeness (QED) is 0.774. The first-order valence-corrected chi connectivity index (χ1v) is 10.5. The van der Waals surface area contributed by atoms with Crippen LogP contribution in [-0.4, -0.2) is 44.3 Å². The lowest BCUT2D eigenvalue weighted by Crippen LogP contribution is -2.46.